The van der Waals surface area contributed by atoms with E-state index in [0.29, 0.717) is 24.0 Å². The highest BCUT2D eigenvalue weighted by Crippen LogP contribution is 2.50. The zero-order valence-electron chi connectivity index (χ0n) is 17.4. The number of hydrogen-bond donors (Lipinski definition) is 2. The molecule has 2 saturated carbocycles. The van der Waals surface area contributed by atoms with Crippen LogP contribution in [0.3, 0.4) is 0 Å². The van der Waals surface area contributed by atoms with Crippen molar-refractivity contribution >= 4 is 13.3 Å². The number of carbonyl (C=O) groups is 1. The highest BCUT2D eigenvalue weighted by molar-refractivity contribution is 7.57. The average molecular weight is 416 g/mol. The lowest BCUT2D eigenvalue weighted by Gasteiger charge is -2.32. The quantitative estimate of drug-likeness (QED) is 0.361. The highest BCUT2D eigenvalue weighted by atomic mass is 31.2. The third-order valence-electron chi connectivity index (χ3n) is 7.37. The molecule has 5 heteroatoms. The zero-order valence-corrected chi connectivity index (χ0v) is 18.3. The molecule has 0 radical (unpaired) electrons. The normalized spacial score (nSPS) is 32.4. The Bertz CT molecular complexity index is 814. The van der Waals surface area contributed by atoms with Crippen molar-refractivity contribution in [2.45, 2.75) is 63.3 Å². The van der Waals surface area contributed by atoms with E-state index in [4.69, 9.17) is 0 Å². The van der Waals surface area contributed by atoms with Crippen LogP contribution in [0, 0.1) is 17.8 Å². The van der Waals surface area contributed by atoms with Crippen molar-refractivity contribution in [2.75, 3.05) is 12.8 Å². The molecule has 4 nitrogen and oxygen atoms in total. The predicted octanol–water partition coefficient (Wildman–Crippen LogP) is 4.87. The fraction of sp³-hybridized carbons (Fsp3) is 0.625. The first-order valence-electron chi connectivity index (χ1n) is 11.2. The van der Waals surface area contributed by atoms with Crippen LogP contribution in [0.1, 0.15) is 62.0 Å². The van der Waals surface area contributed by atoms with Gasteiger partial charge in [0, 0.05) is 18.9 Å². The van der Waals surface area contributed by atoms with Crippen molar-refractivity contribution in [3.8, 4) is 0 Å². The van der Waals surface area contributed by atoms with E-state index in [2.05, 4.69) is 35.7 Å². The number of rotatable bonds is 8. The van der Waals surface area contributed by atoms with Gasteiger partial charge in [-0.2, -0.15) is 0 Å². The summed E-state index contributed by atoms with van der Waals surface area (Å²) in [5.41, 5.74) is 2.56. The predicted molar refractivity (Wildman–Crippen MR) is 117 cm³/mol. The van der Waals surface area contributed by atoms with E-state index < -0.39 is 7.37 Å². The zero-order chi connectivity index (χ0) is 20.4. The van der Waals surface area contributed by atoms with Crippen molar-refractivity contribution in [3.05, 3.63) is 47.5 Å². The van der Waals surface area contributed by atoms with Gasteiger partial charge in [0.15, 0.2) is 7.37 Å². The molecule has 158 valence electrons. The van der Waals surface area contributed by atoms with Crippen LogP contribution >= 0.6 is 7.37 Å². The third-order valence-corrected chi connectivity index (χ3v) is 8.51. The van der Waals surface area contributed by atoms with Gasteiger partial charge in [0.05, 0.1) is 5.92 Å². The van der Waals surface area contributed by atoms with Crippen LogP contribution in [0.25, 0.3) is 0 Å². The van der Waals surface area contributed by atoms with Gasteiger partial charge in [0.25, 0.3) is 0 Å². The molecule has 2 N–H and O–H groups in total. The van der Waals surface area contributed by atoms with Gasteiger partial charge < -0.3 is 10.2 Å². The Morgan fingerprint density at radius 1 is 1.21 bits per heavy atom. The molecular weight excluding hydrogens is 381 g/mol. The minimum Gasteiger partial charge on any atom is -0.352 e. The molecule has 29 heavy (non-hydrogen) atoms. The van der Waals surface area contributed by atoms with Crippen LogP contribution in [0.2, 0.25) is 0 Å². The summed E-state index contributed by atoms with van der Waals surface area (Å²) in [6.45, 7) is 1.43. The largest absolute Gasteiger partial charge is 0.352 e. The monoisotopic (exact) mass is 415 g/mol. The van der Waals surface area contributed by atoms with Crippen LogP contribution in [-0.4, -0.2) is 29.7 Å². The van der Waals surface area contributed by atoms with E-state index in [-0.39, 0.29) is 11.8 Å². The number of benzene rings is 1. The molecule has 1 aromatic rings. The summed E-state index contributed by atoms with van der Waals surface area (Å²) < 4.78 is 11.4. The van der Waals surface area contributed by atoms with Crippen LogP contribution in [0.4, 0.5) is 0 Å². The maximum absolute atomic E-state index is 13.1. The molecule has 6 atom stereocenters. The molecule has 0 heterocycles. The Kier molecular flexibility index (Phi) is 6.32. The minimum absolute atomic E-state index is 0.0183. The standard InChI is InChI=1S/C24H34NO3P/c1-29(27,28)15-7-3-2-4-10-21-18-11-12-19(16-18)23(21)25-24(26)22-14-13-17-8-5-6-9-20(17)22/h2,4-6,8-9,18-19,21-23H,3,7,10-16H2,1H3,(H,25,26)(H,27,28)/b4-2-/t18-,19?,21?,22?,23?/m0/s1. The van der Waals surface area contributed by atoms with Crippen molar-refractivity contribution in [2.24, 2.45) is 17.8 Å². The lowest BCUT2D eigenvalue weighted by molar-refractivity contribution is -0.124. The summed E-state index contributed by atoms with van der Waals surface area (Å²) in [7, 11) is -2.89. The summed E-state index contributed by atoms with van der Waals surface area (Å²) >= 11 is 0. The first kappa shape index (κ1) is 20.9. The smallest absolute Gasteiger partial charge is 0.227 e. The summed E-state index contributed by atoms with van der Waals surface area (Å²) in [6.07, 6.45) is 13.2. The molecule has 0 saturated heterocycles. The first-order valence-corrected chi connectivity index (χ1v) is 13.5. The number of amides is 1. The van der Waals surface area contributed by atoms with Gasteiger partial charge in [-0.15, -0.1) is 0 Å². The van der Waals surface area contributed by atoms with E-state index in [1.807, 2.05) is 6.07 Å². The fourth-order valence-corrected chi connectivity index (χ4v) is 6.71. The summed E-state index contributed by atoms with van der Waals surface area (Å²) in [5.74, 6) is 2.16. The van der Waals surface area contributed by atoms with E-state index in [1.54, 1.807) is 0 Å². The molecule has 0 aromatic heterocycles. The molecule has 2 fully saturated rings. The van der Waals surface area contributed by atoms with Gasteiger partial charge in [-0.1, -0.05) is 36.4 Å². The van der Waals surface area contributed by atoms with E-state index in [0.717, 1.165) is 38.0 Å². The molecule has 5 unspecified atom stereocenters. The number of hydrogen-bond acceptors (Lipinski definition) is 2. The Hall–Kier alpha value is -1.38. The third kappa shape index (κ3) is 4.86. The van der Waals surface area contributed by atoms with Gasteiger partial charge in [0.2, 0.25) is 5.91 Å². The topological polar surface area (TPSA) is 66.4 Å². The van der Waals surface area contributed by atoms with Crippen LogP contribution in [0.15, 0.2) is 36.4 Å². The summed E-state index contributed by atoms with van der Waals surface area (Å²) in [4.78, 5) is 22.5. The Morgan fingerprint density at radius 3 is 2.83 bits per heavy atom. The molecule has 0 spiro atoms. The molecule has 2 bridgehead atoms. The number of carbonyl (C=O) groups excluding carboxylic acids is 1. The number of nitrogens with one attached hydrogen (secondary N) is 1. The number of unbranched alkanes of at least 4 members (excludes halogenated alkanes) is 1. The van der Waals surface area contributed by atoms with Gasteiger partial charge >= 0.3 is 0 Å². The Balaban J connectivity index is 1.33. The van der Waals surface area contributed by atoms with Crippen molar-refractivity contribution in [1.29, 1.82) is 0 Å². The van der Waals surface area contributed by atoms with E-state index in [1.165, 1.54) is 37.1 Å². The Labute approximate surface area is 174 Å². The van der Waals surface area contributed by atoms with Gasteiger partial charge in [0.1, 0.15) is 0 Å². The van der Waals surface area contributed by atoms with Crippen LogP contribution in [0.5, 0.6) is 0 Å². The second-order valence-electron chi connectivity index (χ2n) is 9.45. The van der Waals surface area contributed by atoms with Gasteiger partial charge in [-0.25, -0.2) is 0 Å². The molecule has 1 amide bonds. The maximum Gasteiger partial charge on any atom is 0.227 e. The average Bonchev–Trinajstić information content (AvgIpc) is 3.38. The second-order valence-corrected chi connectivity index (χ2v) is 12.0. The number of allylic oxidation sites excluding steroid dienone is 2. The fourth-order valence-electron chi connectivity index (χ4n) is 5.94. The first-order chi connectivity index (χ1) is 13.9. The van der Waals surface area contributed by atoms with Crippen LogP contribution in [-0.2, 0) is 15.8 Å². The number of aryl methyl sites for hydroxylation is 1. The molecule has 1 aromatic carbocycles. The lowest BCUT2D eigenvalue weighted by atomic mass is 9.81. The summed E-state index contributed by atoms with van der Waals surface area (Å²) in [6, 6.07) is 8.70. The number of fused-ring (bicyclic) bond motifs is 3. The van der Waals surface area contributed by atoms with E-state index in [9.17, 15) is 14.3 Å². The van der Waals surface area contributed by atoms with Crippen molar-refractivity contribution in [3.63, 3.8) is 0 Å². The van der Waals surface area contributed by atoms with Gasteiger partial charge in [-0.3, -0.25) is 9.36 Å². The molecular formula is C24H34NO3P. The van der Waals surface area contributed by atoms with Crippen molar-refractivity contribution in [1.82, 2.24) is 5.32 Å². The molecule has 4 rings (SSSR count). The maximum atomic E-state index is 13.1. The van der Waals surface area contributed by atoms with Crippen molar-refractivity contribution < 1.29 is 14.3 Å². The Morgan fingerprint density at radius 2 is 2.00 bits per heavy atom. The lowest BCUT2D eigenvalue weighted by Crippen LogP contribution is -2.45. The van der Waals surface area contributed by atoms with Crippen LogP contribution < -0.4 is 5.32 Å². The summed E-state index contributed by atoms with van der Waals surface area (Å²) in [5, 5.41) is 3.47. The minimum atomic E-state index is -2.89. The van der Waals surface area contributed by atoms with E-state index >= 15 is 0 Å². The highest BCUT2D eigenvalue weighted by Gasteiger charge is 2.48. The second kappa shape index (κ2) is 8.78. The molecule has 3 aliphatic carbocycles. The SMILES string of the molecule is CP(=O)(O)CCC/C=C\CC1C(NC(=O)C2CCc3ccccc32)C2CC[C@H]1C2. The van der Waals surface area contributed by atoms with Gasteiger partial charge in [-0.05, 0) is 80.2 Å². The molecule has 3 aliphatic rings. The molecule has 0 aliphatic heterocycles.